The average molecular weight is 479 g/mol. The van der Waals surface area contributed by atoms with Crippen LogP contribution in [-0.2, 0) is 17.4 Å². The van der Waals surface area contributed by atoms with E-state index in [9.17, 15) is 0 Å². The van der Waals surface area contributed by atoms with Gasteiger partial charge in [0.05, 0.1) is 0 Å². The first-order chi connectivity index (χ1) is 13.5. The van der Waals surface area contributed by atoms with Crippen LogP contribution in [0.4, 0.5) is 0 Å². The number of nitrogens with zero attached hydrogens (tertiary/aromatic N) is 1. The summed E-state index contributed by atoms with van der Waals surface area (Å²) in [6.07, 6.45) is 1.92. The molecule has 0 saturated heterocycles. The van der Waals surface area contributed by atoms with E-state index < -0.39 is 17.4 Å². The topological polar surface area (TPSA) is 12.9 Å². The molecule has 0 saturated carbocycles. The van der Waals surface area contributed by atoms with Crippen molar-refractivity contribution in [3.63, 3.8) is 0 Å². The van der Waals surface area contributed by atoms with Crippen molar-refractivity contribution >= 4 is 12.5 Å². The molecular weight excluding hydrogens is 446 g/mol. The van der Waals surface area contributed by atoms with Gasteiger partial charge in [-0.3, -0.25) is 0 Å². The number of rotatable bonds is 3. The van der Waals surface area contributed by atoms with Gasteiger partial charge < -0.3 is 0 Å². The Morgan fingerprint density at radius 2 is 1.52 bits per heavy atom. The van der Waals surface area contributed by atoms with E-state index in [1.54, 1.807) is 14.4 Å². The average Bonchev–Trinajstić information content (AvgIpc) is 3.09. The molecule has 0 fully saturated rings. The van der Waals surface area contributed by atoms with Crippen LogP contribution in [0.3, 0.4) is 0 Å². The third-order valence-electron chi connectivity index (χ3n) is 7.74. The Hall–Kier alpha value is -1.31. The van der Waals surface area contributed by atoms with E-state index in [-0.39, 0.29) is 0 Å². The monoisotopic (exact) mass is 477 g/mol. The summed E-state index contributed by atoms with van der Waals surface area (Å²) in [4.78, 5) is 4.75. The molecule has 4 rings (SSSR count). The van der Waals surface area contributed by atoms with Crippen LogP contribution in [0.15, 0.2) is 74.2 Å². The molecule has 0 N–H and O–H groups in total. The van der Waals surface area contributed by atoms with Crippen LogP contribution < -0.4 is 0 Å². The van der Waals surface area contributed by atoms with Gasteiger partial charge in [-0.25, -0.2) is 0 Å². The van der Waals surface area contributed by atoms with E-state index in [1.165, 1.54) is 27.8 Å². The summed E-state index contributed by atoms with van der Waals surface area (Å²) >= 11 is -3.38. The van der Waals surface area contributed by atoms with E-state index in [2.05, 4.69) is 87.2 Å². The second-order valence-electron chi connectivity index (χ2n) is 10.2. The summed E-state index contributed by atoms with van der Waals surface area (Å²) in [6, 6.07) is 15.4. The van der Waals surface area contributed by atoms with Crippen LogP contribution in [-0.4, -0.2) is 11.9 Å². The van der Waals surface area contributed by atoms with E-state index in [4.69, 9.17) is 4.98 Å². The molecule has 0 amide bonds. The van der Waals surface area contributed by atoms with Gasteiger partial charge in [0, 0.05) is 0 Å². The molecule has 0 spiro atoms. The first-order valence-electron chi connectivity index (χ1n) is 10.7. The van der Waals surface area contributed by atoms with Crippen molar-refractivity contribution in [1.29, 1.82) is 0 Å². The van der Waals surface area contributed by atoms with Gasteiger partial charge in [0.1, 0.15) is 0 Å². The molecule has 1 nitrogen and oxygen atoms in total. The molecule has 1 heterocycles. The molecule has 29 heavy (non-hydrogen) atoms. The standard InChI is InChI=1S/C15H12N.C9H13.2CH3.H2Si.Zr/c1-11-10-12-6-2-3-7-13(12)15(11)14-8-4-5-9-16-14;1-6-5-7(2)9(4)8(6)3;;;;/h2-10H,1H3;6H,1-4H3;2*1H3;1H2;. The Morgan fingerprint density at radius 3 is 2.10 bits per heavy atom. The Labute approximate surface area is 178 Å². The summed E-state index contributed by atoms with van der Waals surface area (Å²) in [5.41, 5.74) is 11.6. The number of aromatic nitrogens is 1. The van der Waals surface area contributed by atoms with Crippen LogP contribution in [0.2, 0.25) is 9.26 Å². The first kappa shape index (κ1) is 20.9. The molecular formula is C26H33NSiZr. The fraction of sp³-hybridized carbons (Fsp3) is 0.346. The van der Waals surface area contributed by atoms with E-state index >= 15 is 0 Å². The Bertz CT molecular complexity index is 1170. The number of pyridine rings is 1. The summed E-state index contributed by atoms with van der Waals surface area (Å²) in [5, 5.41) is 0. The van der Waals surface area contributed by atoms with Crippen molar-refractivity contribution < 1.29 is 17.4 Å². The van der Waals surface area contributed by atoms with Crippen molar-refractivity contribution in [3.8, 4) is 0 Å². The maximum absolute atomic E-state index is 4.75. The van der Waals surface area contributed by atoms with Crippen molar-refractivity contribution in [2.75, 3.05) is 0 Å². The van der Waals surface area contributed by atoms with Gasteiger partial charge in [-0.2, -0.15) is 0 Å². The van der Waals surface area contributed by atoms with Crippen molar-refractivity contribution in [2.45, 2.75) is 47.5 Å². The third-order valence-corrected chi connectivity index (χ3v) is 25.1. The molecule has 0 radical (unpaired) electrons. The minimum absolute atomic E-state index is 0.536. The molecule has 150 valence electrons. The van der Waals surface area contributed by atoms with Gasteiger partial charge >= 0.3 is 179 Å². The number of hydrogen-bond donors (Lipinski definition) is 0. The van der Waals surface area contributed by atoms with Crippen molar-refractivity contribution in [1.82, 2.24) is 4.98 Å². The SMILES string of the molecule is CC1=C(C)C(C)[C]([Zr]([CH3])([CH3])(=[SiH2])[CH]2C(C)=C(c3ccccn3)c3ccccc32)=C1C. The van der Waals surface area contributed by atoms with Crippen LogP contribution in [0.5, 0.6) is 0 Å². The number of hydrogen-bond acceptors (Lipinski definition) is 1. The molecule has 1 aromatic heterocycles. The fourth-order valence-electron chi connectivity index (χ4n) is 6.46. The van der Waals surface area contributed by atoms with Crippen LogP contribution in [0.1, 0.15) is 55.1 Å². The molecule has 2 aromatic rings. The maximum atomic E-state index is 4.75. The van der Waals surface area contributed by atoms with E-state index in [0.717, 1.165) is 5.69 Å². The predicted octanol–water partition coefficient (Wildman–Crippen LogP) is 6.55. The van der Waals surface area contributed by atoms with Gasteiger partial charge in [0.25, 0.3) is 0 Å². The van der Waals surface area contributed by atoms with Gasteiger partial charge in [-0.15, -0.1) is 0 Å². The summed E-state index contributed by atoms with van der Waals surface area (Å²) in [7, 11) is 0. The second-order valence-corrected chi connectivity index (χ2v) is 39.6. The zero-order valence-corrected chi connectivity index (χ0v) is 22.8. The van der Waals surface area contributed by atoms with Crippen LogP contribution >= 0.6 is 0 Å². The molecule has 2 aliphatic rings. The summed E-state index contributed by atoms with van der Waals surface area (Å²) < 4.78 is 7.72. The zero-order chi connectivity index (χ0) is 21.2. The quantitative estimate of drug-likeness (QED) is 0.456. The zero-order valence-electron chi connectivity index (χ0n) is 18.9. The Kier molecular flexibility index (Phi) is 4.95. The summed E-state index contributed by atoms with van der Waals surface area (Å²) in [6.45, 7) is 14.3. The molecule has 2 atom stereocenters. The predicted molar refractivity (Wildman–Crippen MR) is 126 cm³/mol. The normalized spacial score (nSPS) is 22.6. The van der Waals surface area contributed by atoms with Crippen molar-refractivity contribution in [2.24, 2.45) is 5.92 Å². The van der Waals surface area contributed by atoms with E-state index in [0.29, 0.717) is 9.54 Å². The Morgan fingerprint density at radius 1 is 0.862 bits per heavy atom. The first-order valence-corrected chi connectivity index (χ1v) is 24.2. The second kappa shape index (κ2) is 6.86. The van der Waals surface area contributed by atoms with Crippen molar-refractivity contribution in [3.05, 3.63) is 91.1 Å². The van der Waals surface area contributed by atoms with Gasteiger partial charge in [0.2, 0.25) is 0 Å². The number of allylic oxidation sites excluding steroid dienone is 5. The van der Waals surface area contributed by atoms with Gasteiger partial charge in [-0.1, -0.05) is 0 Å². The fourth-order valence-corrected chi connectivity index (χ4v) is 28.1. The molecule has 3 heteroatoms. The minimum atomic E-state index is -3.38. The van der Waals surface area contributed by atoms with Gasteiger partial charge in [-0.05, 0) is 0 Å². The number of benzene rings is 1. The third kappa shape index (κ3) is 3.00. The van der Waals surface area contributed by atoms with Crippen LogP contribution in [0, 0.1) is 5.92 Å². The van der Waals surface area contributed by atoms with Gasteiger partial charge in [0.15, 0.2) is 0 Å². The summed E-state index contributed by atoms with van der Waals surface area (Å²) in [5.74, 6) is 0.576. The van der Waals surface area contributed by atoms with Crippen LogP contribution in [0.25, 0.3) is 5.57 Å². The molecule has 2 aliphatic carbocycles. The number of fused-ring (bicyclic) bond motifs is 1. The molecule has 1 aromatic carbocycles. The molecule has 0 aliphatic heterocycles. The van der Waals surface area contributed by atoms with E-state index in [1.807, 2.05) is 12.3 Å². The Balaban J connectivity index is 2.00. The molecule has 0 bridgehead atoms. The molecule has 2 unspecified atom stereocenters.